The molecule has 0 saturated heterocycles. The second-order valence-corrected chi connectivity index (χ2v) is 8.61. The molecule has 0 N–H and O–H groups in total. The smallest absolute Gasteiger partial charge is 0.241 e. The number of hydrogen-bond acceptors (Lipinski definition) is 6. The first-order valence-electron chi connectivity index (χ1n) is 10.0. The van der Waals surface area contributed by atoms with E-state index in [1.165, 1.54) is 17.5 Å². The molecule has 0 bridgehead atoms. The number of ether oxygens (including phenoxy) is 1. The van der Waals surface area contributed by atoms with Crippen LogP contribution in [-0.4, -0.2) is 32.4 Å². The average molecular weight is 537 g/mol. The van der Waals surface area contributed by atoms with Crippen LogP contribution in [0.5, 0.6) is 5.75 Å². The van der Waals surface area contributed by atoms with Gasteiger partial charge in [0, 0.05) is 35.2 Å². The van der Waals surface area contributed by atoms with E-state index < -0.39 is 5.95 Å². The van der Waals surface area contributed by atoms with E-state index in [0.717, 1.165) is 15.9 Å². The Kier molecular flexibility index (Phi) is 7.56. The SMILES string of the molecule is COc1ccccc1Br.O=C(c1cn(-c2cccc(-c3cccnc3F)c2)cn1)c1nccs1. The predicted octanol–water partition coefficient (Wildman–Crippen LogP) is 6.22. The number of benzene rings is 2. The van der Waals surface area contributed by atoms with Gasteiger partial charge in [0.25, 0.3) is 0 Å². The molecule has 0 aliphatic heterocycles. The van der Waals surface area contributed by atoms with Crippen molar-refractivity contribution in [1.82, 2.24) is 19.5 Å². The van der Waals surface area contributed by atoms with Crippen LogP contribution in [0.2, 0.25) is 0 Å². The Labute approximate surface area is 207 Å². The normalized spacial score (nSPS) is 10.3. The van der Waals surface area contributed by atoms with E-state index in [-0.39, 0.29) is 5.78 Å². The Hall–Kier alpha value is -3.69. The number of rotatable bonds is 5. The van der Waals surface area contributed by atoms with Crippen molar-refractivity contribution in [3.8, 4) is 22.6 Å². The summed E-state index contributed by atoms with van der Waals surface area (Å²) in [6.45, 7) is 0. The Morgan fingerprint density at radius 2 is 1.88 bits per heavy atom. The van der Waals surface area contributed by atoms with Crippen LogP contribution in [0.15, 0.2) is 95.4 Å². The summed E-state index contributed by atoms with van der Waals surface area (Å²) in [5.74, 6) is 0.130. The number of aromatic nitrogens is 4. The van der Waals surface area contributed by atoms with Crippen molar-refractivity contribution in [2.24, 2.45) is 0 Å². The molecule has 5 rings (SSSR count). The number of hydrogen-bond donors (Lipinski definition) is 0. The molecule has 3 heterocycles. The summed E-state index contributed by atoms with van der Waals surface area (Å²) in [4.78, 5) is 24.1. The minimum atomic E-state index is -0.523. The number of pyridine rings is 1. The summed E-state index contributed by atoms with van der Waals surface area (Å²) < 4.78 is 21.6. The van der Waals surface area contributed by atoms with Gasteiger partial charge in [0.2, 0.25) is 11.7 Å². The highest BCUT2D eigenvalue weighted by molar-refractivity contribution is 9.10. The first-order valence-corrected chi connectivity index (χ1v) is 11.7. The quantitative estimate of drug-likeness (QED) is 0.197. The van der Waals surface area contributed by atoms with Crippen LogP contribution in [0.1, 0.15) is 15.5 Å². The minimum absolute atomic E-state index is 0.219. The second-order valence-electron chi connectivity index (χ2n) is 6.86. The molecule has 5 aromatic rings. The highest BCUT2D eigenvalue weighted by Crippen LogP contribution is 2.24. The fraction of sp³-hybridized carbons (Fsp3) is 0.0400. The average Bonchev–Trinajstić information content (AvgIpc) is 3.58. The zero-order chi connectivity index (χ0) is 23.9. The van der Waals surface area contributed by atoms with Crippen LogP contribution in [0.4, 0.5) is 4.39 Å². The Balaban J connectivity index is 0.000000257. The summed E-state index contributed by atoms with van der Waals surface area (Å²) in [6.07, 6.45) is 6.19. The summed E-state index contributed by atoms with van der Waals surface area (Å²) in [7, 11) is 1.65. The Morgan fingerprint density at radius 1 is 1.03 bits per heavy atom. The third kappa shape index (κ3) is 5.44. The predicted molar refractivity (Wildman–Crippen MR) is 133 cm³/mol. The molecular weight excluding hydrogens is 519 g/mol. The zero-order valence-corrected chi connectivity index (χ0v) is 20.3. The van der Waals surface area contributed by atoms with Gasteiger partial charge in [-0.3, -0.25) is 4.79 Å². The second kappa shape index (κ2) is 11.0. The molecule has 0 amide bonds. The number of thiazole rings is 1. The highest BCUT2D eigenvalue weighted by atomic mass is 79.9. The lowest BCUT2D eigenvalue weighted by Crippen LogP contribution is -2.00. The van der Waals surface area contributed by atoms with Gasteiger partial charge in [0.15, 0.2) is 5.01 Å². The maximum Gasteiger partial charge on any atom is 0.241 e. The maximum atomic E-state index is 13.9. The van der Waals surface area contributed by atoms with E-state index in [1.54, 1.807) is 47.9 Å². The van der Waals surface area contributed by atoms with Crippen LogP contribution in [0.3, 0.4) is 0 Å². The molecule has 0 radical (unpaired) electrons. The van der Waals surface area contributed by atoms with Gasteiger partial charge in [0.05, 0.1) is 11.6 Å². The third-order valence-corrected chi connectivity index (χ3v) is 6.14. The lowest BCUT2D eigenvalue weighted by molar-refractivity contribution is 0.103. The molecule has 0 atom stereocenters. The molecule has 2 aromatic carbocycles. The summed E-state index contributed by atoms with van der Waals surface area (Å²) in [5.41, 5.74) is 2.20. The van der Waals surface area contributed by atoms with E-state index >= 15 is 0 Å². The fourth-order valence-corrected chi connectivity index (χ4v) is 4.10. The molecule has 170 valence electrons. The van der Waals surface area contributed by atoms with Gasteiger partial charge >= 0.3 is 0 Å². The zero-order valence-electron chi connectivity index (χ0n) is 17.9. The van der Waals surface area contributed by atoms with Crippen molar-refractivity contribution in [2.75, 3.05) is 7.11 Å². The van der Waals surface area contributed by atoms with Gasteiger partial charge < -0.3 is 9.30 Å². The number of halogens is 2. The van der Waals surface area contributed by atoms with Crippen molar-refractivity contribution >= 4 is 33.0 Å². The summed E-state index contributed by atoms with van der Waals surface area (Å²) >= 11 is 4.61. The maximum absolute atomic E-state index is 13.9. The molecule has 0 saturated carbocycles. The van der Waals surface area contributed by atoms with E-state index in [0.29, 0.717) is 21.8 Å². The summed E-state index contributed by atoms with van der Waals surface area (Å²) in [5, 5.41) is 2.15. The molecule has 6 nitrogen and oxygen atoms in total. The molecular formula is C25H18BrFN4O2S. The lowest BCUT2D eigenvalue weighted by Gasteiger charge is -2.06. The van der Waals surface area contributed by atoms with Crippen molar-refractivity contribution < 1.29 is 13.9 Å². The van der Waals surface area contributed by atoms with Gasteiger partial charge in [-0.15, -0.1) is 11.3 Å². The number of carbonyl (C=O) groups excluding carboxylic acids is 1. The molecule has 0 aliphatic rings. The summed E-state index contributed by atoms with van der Waals surface area (Å²) in [6, 6.07) is 18.4. The van der Waals surface area contributed by atoms with E-state index in [4.69, 9.17) is 4.74 Å². The first kappa shape index (κ1) is 23.5. The van der Waals surface area contributed by atoms with Crippen molar-refractivity contribution in [3.05, 3.63) is 112 Å². The van der Waals surface area contributed by atoms with Crippen molar-refractivity contribution in [3.63, 3.8) is 0 Å². The van der Waals surface area contributed by atoms with Crippen molar-refractivity contribution in [1.29, 1.82) is 0 Å². The molecule has 9 heteroatoms. The molecule has 0 fully saturated rings. The van der Waals surface area contributed by atoms with Crippen molar-refractivity contribution in [2.45, 2.75) is 0 Å². The van der Waals surface area contributed by atoms with Crippen LogP contribution in [0.25, 0.3) is 16.8 Å². The molecule has 3 aromatic heterocycles. The Morgan fingerprint density at radius 3 is 2.59 bits per heavy atom. The fourth-order valence-electron chi connectivity index (χ4n) is 3.07. The number of para-hydroxylation sites is 1. The van der Waals surface area contributed by atoms with Crippen LogP contribution >= 0.6 is 27.3 Å². The largest absolute Gasteiger partial charge is 0.496 e. The number of methoxy groups -OCH3 is 1. The number of imidazole rings is 1. The number of carbonyl (C=O) groups is 1. The standard InChI is InChI=1S/C18H11FN4OS.C7H7BrO/c19-17-14(5-2-6-20-17)12-3-1-4-13(9-12)23-10-15(22-11-23)16(24)18-21-7-8-25-18;1-9-7-5-3-2-4-6(7)8/h1-11H;2-5H,1H3. The van der Waals surface area contributed by atoms with Gasteiger partial charge in [-0.05, 0) is 57.9 Å². The van der Waals surface area contributed by atoms with Crippen LogP contribution in [-0.2, 0) is 0 Å². The van der Waals surface area contributed by atoms with E-state index in [1.807, 2.05) is 48.5 Å². The molecule has 0 aliphatic carbocycles. The van der Waals surface area contributed by atoms with Crippen LogP contribution < -0.4 is 4.74 Å². The third-order valence-electron chi connectivity index (χ3n) is 4.71. The van der Waals surface area contributed by atoms with Gasteiger partial charge in [0.1, 0.15) is 17.8 Å². The van der Waals surface area contributed by atoms with Gasteiger partial charge in [-0.2, -0.15) is 4.39 Å². The topological polar surface area (TPSA) is 69.9 Å². The minimum Gasteiger partial charge on any atom is -0.496 e. The monoisotopic (exact) mass is 536 g/mol. The Bertz CT molecular complexity index is 1410. The van der Waals surface area contributed by atoms with Gasteiger partial charge in [-0.1, -0.05) is 24.3 Å². The van der Waals surface area contributed by atoms with E-state index in [9.17, 15) is 9.18 Å². The molecule has 0 unspecified atom stereocenters. The number of nitrogens with zero attached hydrogens (tertiary/aromatic N) is 4. The lowest BCUT2D eigenvalue weighted by atomic mass is 10.1. The highest BCUT2D eigenvalue weighted by Gasteiger charge is 2.15. The first-order chi connectivity index (χ1) is 16.6. The molecule has 0 spiro atoms. The molecule has 34 heavy (non-hydrogen) atoms. The number of ketones is 1. The van der Waals surface area contributed by atoms with Crippen LogP contribution in [0, 0.1) is 5.95 Å². The van der Waals surface area contributed by atoms with E-state index in [2.05, 4.69) is 30.9 Å². The van der Waals surface area contributed by atoms with Gasteiger partial charge in [-0.25, -0.2) is 15.0 Å².